The maximum Gasteiger partial charge on any atom is 0.0693 e. The van der Waals surface area contributed by atoms with Crippen molar-refractivity contribution in [3.05, 3.63) is 0 Å². The van der Waals surface area contributed by atoms with Crippen LogP contribution in [0.5, 0.6) is 0 Å². The standard InChI is InChI=1S/C8H14OS/c1-2-7-3-5-10-6-8(7)9-4-1/h7-8H,1-6H2. The molecule has 2 unspecified atom stereocenters. The second-order valence-corrected chi connectivity index (χ2v) is 4.32. The van der Waals surface area contributed by atoms with E-state index in [-0.39, 0.29) is 0 Å². The van der Waals surface area contributed by atoms with E-state index in [0.29, 0.717) is 6.10 Å². The smallest absolute Gasteiger partial charge is 0.0693 e. The Morgan fingerprint density at radius 2 is 2.30 bits per heavy atom. The third kappa shape index (κ3) is 1.32. The molecule has 0 saturated carbocycles. The molecule has 0 aliphatic carbocycles. The van der Waals surface area contributed by atoms with Crippen LogP contribution in [-0.4, -0.2) is 24.2 Å². The van der Waals surface area contributed by atoms with Crippen LogP contribution >= 0.6 is 11.8 Å². The van der Waals surface area contributed by atoms with Gasteiger partial charge in [0.15, 0.2) is 0 Å². The van der Waals surface area contributed by atoms with E-state index in [2.05, 4.69) is 11.8 Å². The number of thioether (sulfide) groups is 1. The van der Waals surface area contributed by atoms with Crippen molar-refractivity contribution in [3.8, 4) is 0 Å². The van der Waals surface area contributed by atoms with Crippen LogP contribution in [0.25, 0.3) is 0 Å². The van der Waals surface area contributed by atoms with Gasteiger partial charge in [0, 0.05) is 12.4 Å². The number of hydrogen-bond donors (Lipinski definition) is 0. The highest BCUT2D eigenvalue weighted by Gasteiger charge is 2.28. The molecule has 0 aromatic heterocycles. The molecule has 2 heterocycles. The highest BCUT2D eigenvalue weighted by Crippen LogP contribution is 2.31. The summed E-state index contributed by atoms with van der Waals surface area (Å²) >= 11 is 2.06. The number of fused-ring (bicyclic) bond motifs is 1. The van der Waals surface area contributed by atoms with E-state index in [9.17, 15) is 0 Å². The van der Waals surface area contributed by atoms with E-state index < -0.39 is 0 Å². The van der Waals surface area contributed by atoms with Gasteiger partial charge in [-0.1, -0.05) is 0 Å². The Hall–Kier alpha value is 0.310. The molecule has 2 heteroatoms. The molecule has 10 heavy (non-hydrogen) atoms. The summed E-state index contributed by atoms with van der Waals surface area (Å²) in [6, 6.07) is 0. The first-order valence-corrected chi connectivity index (χ1v) is 5.31. The van der Waals surface area contributed by atoms with Crippen LogP contribution in [0, 0.1) is 5.92 Å². The van der Waals surface area contributed by atoms with Gasteiger partial charge >= 0.3 is 0 Å². The van der Waals surface area contributed by atoms with E-state index in [1.54, 1.807) is 0 Å². The molecular formula is C8H14OS. The van der Waals surface area contributed by atoms with Crippen LogP contribution < -0.4 is 0 Å². The monoisotopic (exact) mass is 158 g/mol. The first-order chi connectivity index (χ1) is 4.97. The minimum atomic E-state index is 0.618. The number of hydrogen-bond acceptors (Lipinski definition) is 2. The number of ether oxygens (including phenoxy) is 1. The lowest BCUT2D eigenvalue weighted by molar-refractivity contribution is -0.0144. The van der Waals surface area contributed by atoms with Crippen LogP contribution in [0.4, 0.5) is 0 Å². The zero-order valence-corrected chi connectivity index (χ0v) is 7.03. The second-order valence-electron chi connectivity index (χ2n) is 3.18. The van der Waals surface area contributed by atoms with Crippen LogP contribution in [0.2, 0.25) is 0 Å². The molecule has 2 fully saturated rings. The van der Waals surface area contributed by atoms with Crippen LogP contribution in [-0.2, 0) is 4.74 Å². The summed E-state index contributed by atoms with van der Waals surface area (Å²) < 4.78 is 5.66. The lowest BCUT2D eigenvalue weighted by atomic mass is 9.92. The molecule has 1 nitrogen and oxygen atoms in total. The summed E-state index contributed by atoms with van der Waals surface area (Å²) in [6.45, 7) is 1.02. The fourth-order valence-electron chi connectivity index (χ4n) is 1.85. The molecule has 0 radical (unpaired) electrons. The molecule has 2 aliphatic rings. The van der Waals surface area contributed by atoms with Gasteiger partial charge in [-0.2, -0.15) is 11.8 Å². The van der Waals surface area contributed by atoms with E-state index >= 15 is 0 Å². The van der Waals surface area contributed by atoms with Crippen LogP contribution in [0.3, 0.4) is 0 Å². The molecule has 58 valence electrons. The molecule has 0 aromatic carbocycles. The molecule has 0 aromatic rings. The van der Waals surface area contributed by atoms with Crippen molar-refractivity contribution >= 4 is 11.8 Å². The van der Waals surface area contributed by atoms with Crippen molar-refractivity contribution in [2.75, 3.05) is 18.1 Å². The van der Waals surface area contributed by atoms with E-state index in [0.717, 1.165) is 12.5 Å². The topological polar surface area (TPSA) is 9.23 Å². The maximum absolute atomic E-state index is 5.66. The Kier molecular flexibility index (Phi) is 2.19. The summed E-state index contributed by atoms with van der Waals surface area (Å²) in [5, 5.41) is 0. The largest absolute Gasteiger partial charge is 0.377 e. The molecule has 2 aliphatic heterocycles. The van der Waals surface area contributed by atoms with Crippen molar-refractivity contribution in [1.82, 2.24) is 0 Å². The second kappa shape index (κ2) is 3.14. The molecular weight excluding hydrogens is 144 g/mol. The Labute approximate surface area is 66.5 Å². The lowest BCUT2D eigenvalue weighted by Gasteiger charge is -2.34. The summed E-state index contributed by atoms with van der Waals surface area (Å²) in [4.78, 5) is 0. The zero-order chi connectivity index (χ0) is 6.81. The van der Waals surface area contributed by atoms with Gasteiger partial charge in [-0.15, -0.1) is 0 Å². The van der Waals surface area contributed by atoms with Crippen LogP contribution in [0.15, 0.2) is 0 Å². The summed E-state index contributed by atoms with van der Waals surface area (Å²) in [5.74, 6) is 3.53. The third-order valence-corrected chi connectivity index (χ3v) is 3.58. The first kappa shape index (κ1) is 6.99. The molecule has 0 amide bonds. The minimum Gasteiger partial charge on any atom is -0.377 e. The highest BCUT2D eigenvalue weighted by atomic mass is 32.2. The fraction of sp³-hybridized carbons (Fsp3) is 1.00. The Morgan fingerprint density at radius 3 is 3.20 bits per heavy atom. The Bertz CT molecular complexity index is 89.8. The van der Waals surface area contributed by atoms with E-state index in [4.69, 9.17) is 4.74 Å². The number of rotatable bonds is 0. The molecule has 2 rings (SSSR count). The maximum atomic E-state index is 5.66. The van der Waals surface area contributed by atoms with Gasteiger partial charge in [-0.25, -0.2) is 0 Å². The average Bonchev–Trinajstić information content (AvgIpc) is 2.05. The van der Waals surface area contributed by atoms with Gasteiger partial charge in [0.25, 0.3) is 0 Å². The molecule has 0 spiro atoms. The predicted octanol–water partition coefficient (Wildman–Crippen LogP) is 1.92. The van der Waals surface area contributed by atoms with Crippen molar-refractivity contribution in [2.24, 2.45) is 5.92 Å². The molecule has 0 N–H and O–H groups in total. The van der Waals surface area contributed by atoms with E-state index in [1.165, 1.54) is 30.8 Å². The average molecular weight is 158 g/mol. The van der Waals surface area contributed by atoms with Gasteiger partial charge in [0.2, 0.25) is 0 Å². The van der Waals surface area contributed by atoms with Crippen molar-refractivity contribution in [3.63, 3.8) is 0 Å². The Balaban J connectivity index is 1.93. The van der Waals surface area contributed by atoms with Crippen molar-refractivity contribution in [2.45, 2.75) is 25.4 Å². The van der Waals surface area contributed by atoms with Gasteiger partial charge in [-0.3, -0.25) is 0 Å². The van der Waals surface area contributed by atoms with E-state index in [1.807, 2.05) is 0 Å². The first-order valence-electron chi connectivity index (χ1n) is 4.16. The zero-order valence-electron chi connectivity index (χ0n) is 6.21. The normalized spacial score (nSPS) is 40.8. The Morgan fingerprint density at radius 1 is 1.30 bits per heavy atom. The molecule has 2 saturated heterocycles. The molecule has 0 bridgehead atoms. The minimum absolute atomic E-state index is 0.618. The van der Waals surface area contributed by atoms with Gasteiger partial charge in [-0.05, 0) is 30.9 Å². The van der Waals surface area contributed by atoms with Gasteiger partial charge in [0.05, 0.1) is 6.10 Å². The van der Waals surface area contributed by atoms with Crippen LogP contribution in [0.1, 0.15) is 19.3 Å². The van der Waals surface area contributed by atoms with Crippen molar-refractivity contribution < 1.29 is 4.74 Å². The quantitative estimate of drug-likeness (QED) is 0.532. The fourth-order valence-corrected chi connectivity index (χ4v) is 3.09. The summed E-state index contributed by atoms with van der Waals surface area (Å²) in [6.07, 6.45) is 4.74. The summed E-state index contributed by atoms with van der Waals surface area (Å²) in [5.41, 5.74) is 0. The predicted molar refractivity (Wildman–Crippen MR) is 44.4 cm³/mol. The summed E-state index contributed by atoms with van der Waals surface area (Å²) in [7, 11) is 0. The lowest BCUT2D eigenvalue weighted by Crippen LogP contribution is -2.34. The van der Waals surface area contributed by atoms with Crippen molar-refractivity contribution in [1.29, 1.82) is 0 Å². The van der Waals surface area contributed by atoms with Gasteiger partial charge in [0.1, 0.15) is 0 Å². The van der Waals surface area contributed by atoms with Gasteiger partial charge < -0.3 is 4.74 Å². The SMILES string of the molecule is C1COC2CSCCC2C1. The highest BCUT2D eigenvalue weighted by molar-refractivity contribution is 7.99. The third-order valence-electron chi connectivity index (χ3n) is 2.49. The molecule has 2 atom stereocenters.